The second kappa shape index (κ2) is 10.0. The minimum absolute atomic E-state index is 0.181. The van der Waals surface area contributed by atoms with Gasteiger partial charge in [0.15, 0.2) is 0 Å². The van der Waals surface area contributed by atoms with Gasteiger partial charge in [-0.2, -0.15) is 0 Å². The molecule has 3 N–H and O–H groups in total. The Kier molecular flexibility index (Phi) is 7.72. The molecule has 1 aliphatic carbocycles. The van der Waals surface area contributed by atoms with Crippen LogP contribution in [-0.2, 0) is 9.53 Å². The monoisotopic (exact) mass is 363 g/mol. The third kappa shape index (κ3) is 6.22. The largest absolute Gasteiger partial charge is 0.495 e. The Bertz CT molecular complexity index is 621. The van der Waals surface area contributed by atoms with Crippen molar-refractivity contribution in [1.82, 2.24) is 5.32 Å². The molecule has 0 saturated heterocycles. The number of methoxy groups -OCH3 is 1. The number of hydrogen-bond donors (Lipinski definition) is 3. The summed E-state index contributed by atoms with van der Waals surface area (Å²) in [6.07, 6.45) is 5.10. The second-order valence-corrected chi connectivity index (χ2v) is 6.65. The van der Waals surface area contributed by atoms with Crippen molar-refractivity contribution in [1.29, 1.82) is 0 Å². The second-order valence-electron chi connectivity index (χ2n) is 6.65. The molecule has 7 nitrogen and oxygen atoms in total. The summed E-state index contributed by atoms with van der Waals surface area (Å²) in [6.45, 7) is 4.57. The van der Waals surface area contributed by atoms with Crippen molar-refractivity contribution >= 4 is 23.3 Å². The summed E-state index contributed by atoms with van der Waals surface area (Å²) < 4.78 is 11.1. The molecule has 2 unspecified atom stereocenters. The van der Waals surface area contributed by atoms with Gasteiger partial charge in [-0.3, -0.25) is 4.79 Å². The van der Waals surface area contributed by atoms with Crippen molar-refractivity contribution in [3.05, 3.63) is 18.2 Å². The Morgan fingerprint density at radius 2 is 1.96 bits per heavy atom. The van der Waals surface area contributed by atoms with Crippen molar-refractivity contribution < 1.29 is 19.1 Å². The fraction of sp³-hybridized carbons (Fsp3) is 0.579. The van der Waals surface area contributed by atoms with Gasteiger partial charge in [-0.25, -0.2) is 4.79 Å². The first-order chi connectivity index (χ1) is 12.5. The maximum atomic E-state index is 12.1. The van der Waals surface area contributed by atoms with Crippen LogP contribution < -0.4 is 20.7 Å². The maximum absolute atomic E-state index is 12.1. The minimum Gasteiger partial charge on any atom is -0.495 e. The van der Waals surface area contributed by atoms with E-state index in [-0.39, 0.29) is 11.9 Å². The van der Waals surface area contributed by atoms with Crippen LogP contribution in [-0.4, -0.2) is 38.3 Å². The molecule has 0 aromatic heterocycles. The zero-order chi connectivity index (χ0) is 18.9. The number of nitrogens with one attached hydrogen (secondary N) is 3. The van der Waals surface area contributed by atoms with Crippen molar-refractivity contribution in [3.8, 4) is 5.75 Å². The lowest BCUT2D eigenvalue weighted by molar-refractivity contribution is -0.114. The molecular weight excluding hydrogens is 334 g/mol. The van der Waals surface area contributed by atoms with Crippen molar-refractivity contribution in [2.75, 3.05) is 30.9 Å². The molecular formula is C19H29N3O4. The van der Waals surface area contributed by atoms with Gasteiger partial charge in [-0.05, 0) is 37.0 Å². The first kappa shape index (κ1) is 20.0. The number of ether oxygens (including phenoxy) is 2. The fourth-order valence-corrected chi connectivity index (χ4v) is 3.16. The van der Waals surface area contributed by atoms with Gasteiger partial charge in [0.25, 0.3) is 0 Å². The zero-order valence-corrected chi connectivity index (χ0v) is 15.8. The Morgan fingerprint density at radius 3 is 2.65 bits per heavy atom. The van der Waals surface area contributed by atoms with Crippen LogP contribution >= 0.6 is 0 Å². The van der Waals surface area contributed by atoms with Crippen LogP contribution in [0.5, 0.6) is 5.75 Å². The third-order valence-electron chi connectivity index (χ3n) is 4.52. The van der Waals surface area contributed by atoms with E-state index in [2.05, 4.69) is 22.9 Å². The molecule has 1 aromatic rings. The van der Waals surface area contributed by atoms with Crippen LogP contribution in [0, 0.1) is 5.92 Å². The summed E-state index contributed by atoms with van der Waals surface area (Å²) in [6, 6.07) is 4.71. The first-order valence-corrected chi connectivity index (χ1v) is 9.11. The van der Waals surface area contributed by atoms with Gasteiger partial charge in [0, 0.05) is 19.2 Å². The number of carbonyl (C=O) groups excluding carboxylic acids is 2. The fourth-order valence-electron chi connectivity index (χ4n) is 3.16. The standard InChI is InChI=1S/C19H29N3O4/c1-13-6-4-5-7-17(13)26-11-10-20-19(24)22-16-12-15(21-14(2)23)8-9-18(16)25-3/h8-9,12-13,17H,4-7,10-11H2,1-3H3,(H,21,23)(H2,20,22,24). The molecule has 26 heavy (non-hydrogen) atoms. The maximum Gasteiger partial charge on any atom is 0.319 e. The smallest absolute Gasteiger partial charge is 0.319 e. The summed E-state index contributed by atoms with van der Waals surface area (Å²) >= 11 is 0. The molecule has 7 heteroatoms. The van der Waals surface area contributed by atoms with E-state index in [9.17, 15) is 9.59 Å². The molecule has 2 atom stereocenters. The molecule has 0 radical (unpaired) electrons. The highest BCUT2D eigenvalue weighted by molar-refractivity contribution is 5.94. The predicted octanol–water partition coefficient (Wildman–Crippen LogP) is 3.37. The molecule has 1 aliphatic rings. The predicted molar refractivity (Wildman–Crippen MR) is 102 cm³/mol. The van der Waals surface area contributed by atoms with Crippen molar-refractivity contribution in [2.45, 2.75) is 45.6 Å². The lowest BCUT2D eigenvalue weighted by Crippen LogP contribution is -2.34. The number of benzene rings is 1. The zero-order valence-electron chi connectivity index (χ0n) is 15.8. The number of urea groups is 1. The van der Waals surface area contributed by atoms with E-state index < -0.39 is 0 Å². The number of anilines is 2. The van der Waals surface area contributed by atoms with Gasteiger partial charge < -0.3 is 25.4 Å². The highest BCUT2D eigenvalue weighted by Crippen LogP contribution is 2.28. The molecule has 144 valence electrons. The highest BCUT2D eigenvalue weighted by Gasteiger charge is 2.21. The summed E-state index contributed by atoms with van der Waals surface area (Å²) in [7, 11) is 1.52. The Hall–Kier alpha value is -2.28. The average molecular weight is 363 g/mol. The van der Waals surface area contributed by atoms with Gasteiger partial charge in [0.2, 0.25) is 5.91 Å². The molecule has 3 amide bonds. The third-order valence-corrected chi connectivity index (χ3v) is 4.52. The molecule has 0 spiro atoms. The van der Waals surface area contributed by atoms with E-state index in [1.165, 1.54) is 33.3 Å². The summed E-state index contributed by atoms with van der Waals surface area (Å²) in [4.78, 5) is 23.3. The Morgan fingerprint density at radius 1 is 1.19 bits per heavy atom. The number of hydrogen-bond acceptors (Lipinski definition) is 4. The average Bonchev–Trinajstić information content (AvgIpc) is 2.60. The van der Waals surface area contributed by atoms with Crippen LogP contribution in [0.2, 0.25) is 0 Å². The van der Waals surface area contributed by atoms with E-state index in [0.29, 0.717) is 42.3 Å². The van der Waals surface area contributed by atoms with Crippen LogP contribution in [0.15, 0.2) is 18.2 Å². The van der Waals surface area contributed by atoms with E-state index >= 15 is 0 Å². The molecule has 1 fully saturated rings. The number of rotatable bonds is 7. The van der Waals surface area contributed by atoms with Gasteiger partial charge in [-0.15, -0.1) is 0 Å². The van der Waals surface area contributed by atoms with E-state index in [0.717, 1.165) is 6.42 Å². The Labute approximate surface area is 154 Å². The van der Waals surface area contributed by atoms with Gasteiger partial charge in [0.1, 0.15) is 5.75 Å². The van der Waals surface area contributed by atoms with E-state index in [4.69, 9.17) is 9.47 Å². The van der Waals surface area contributed by atoms with E-state index in [1.807, 2.05) is 0 Å². The van der Waals surface area contributed by atoms with Crippen LogP contribution in [0.3, 0.4) is 0 Å². The molecule has 0 aliphatic heterocycles. The van der Waals surface area contributed by atoms with Gasteiger partial charge >= 0.3 is 6.03 Å². The molecule has 2 rings (SSSR count). The summed E-state index contributed by atoms with van der Waals surface area (Å²) in [5, 5.41) is 8.20. The molecule has 1 aromatic carbocycles. The topological polar surface area (TPSA) is 88.7 Å². The van der Waals surface area contributed by atoms with Gasteiger partial charge in [0.05, 0.1) is 25.5 Å². The first-order valence-electron chi connectivity index (χ1n) is 9.11. The molecule has 1 saturated carbocycles. The van der Waals surface area contributed by atoms with Crippen molar-refractivity contribution in [3.63, 3.8) is 0 Å². The van der Waals surface area contributed by atoms with Crippen LogP contribution in [0.4, 0.5) is 16.2 Å². The SMILES string of the molecule is COc1ccc(NC(C)=O)cc1NC(=O)NCCOC1CCCCC1C. The summed E-state index contributed by atoms with van der Waals surface area (Å²) in [5.74, 6) is 0.916. The van der Waals surface area contributed by atoms with Gasteiger partial charge in [-0.1, -0.05) is 19.8 Å². The highest BCUT2D eigenvalue weighted by atomic mass is 16.5. The van der Waals surface area contributed by atoms with Crippen LogP contribution in [0.25, 0.3) is 0 Å². The minimum atomic E-state index is -0.344. The quantitative estimate of drug-likeness (QED) is 0.648. The lowest BCUT2D eigenvalue weighted by Gasteiger charge is -2.28. The summed E-state index contributed by atoms with van der Waals surface area (Å²) in [5.41, 5.74) is 1.07. The number of amides is 3. The van der Waals surface area contributed by atoms with Crippen molar-refractivity contribution in [2.24, 2.45) is 5.92 Å². The molecule has 0 heterocycles. The van der Waals surface area contributed by atoms with Crippen LogP contribution in [0.1, 0.15) is 39.5 Å². The molecule has 0 bridgehead atoms. The number of carbonyl (C=O) groups is 2. The Balaban J connectivity index is 1.80. The van der Waals surface area contributed by atoms with E-state index in [1.54, 1.807) is 18.2 Å². The lowest BCUT2D eigenvalue weighted by atomic mass is 9.88. The normalized spacial score (nSPS) is 19.5.